The summed E-state index contributed by atoms with van der Waals surface area (Å²) >= 11 is 0. The summed E-state index contributed by atoms with van der Waals surface area (Å²) in [7, 11) is 1.42. The first kappa shape index (κ1) is 14.1. The lowest BCUT2D eigenvalue weighted by Gasteiger charge is -2.21. The number of halogens is 2. The molecule has 0 saturated carbocycles. The second-order valence-corrected chi connectivity index (χ2v) is 4.24. The van der Waals surface area contributed by atoms with Crippen LogP contribution in [-0.4, -0.2) is 37.8 Å². The quantitative estimate of drug-likeness (QED) is 0.758. The lowest BCUT2D eigenvalue weighted by Crippen LogP contribution is -2.44. The fourth-order valence-electron chi connectivity index (χ4n) is 0.837. The fourth-order valence-corrected chi connectivity index (χ4v) is 0.837. The molecule has 0 spiro atoms. The van der Waals surface area contributed by atoms with Crippen molar-refractivity contribution >= 4 is 6.09 Å². The first-order valence-corrected chi connectivity index (χ1v) is 4.65. The van der Waals surface area contributed by atoms with Gasteiger partial charge in [-0.2, -0.15) is 0 Å². The molecule has 0 unspecified atom stereocenters. The number of carbonyl (C=O) groups is 1. The van der Waals surface area contributed by atoms with E-state index in [0.29, 0.717) is 0 Å². The molecule has 4 nitrogen and oxygen atoms in total. The van der Waals surface area contributed by atoms with Crippen LogP contribution in [0, 0.1) is 0 Å². The molecule has 0 aromatic rings. The van der Waals surface area contributed by atoms with Crippen molar-refractivity contribution in [3.63, 3.8) is 0 Å². The predicted octanol–water partition coefficient (Wildman–Crippen LogP) is 1.37. The molecule has 90 valence electrons. The normalized spacial score (nSPS) is 12.4. The third-order valence-electron chi connectivity index (χ3n) is 1.33. The van der Waals surface area contributed by atoms with E-state index in [9.17, 15) is 13.6 Å². The van der Waals surface area contributed by atoms with Gasteiger partial charge >= 0.3 is 6.09 Å². The van der Waals surface area contributed by atoms with Gasteiger partial charge in [-0.15, -0.1) is 0 Å². The summed E-state index contributed by atoms with van der Waals surface area (Å²) in [5.41, 5.74) is -0.678. The Morgan fingerprint density at radius 1 is 1.27 bits per heavy atom. The summed E-state index contributed by atoms with van der Waals surface area (Å²) in [6.45, 7) is 3.78. The highest BCUT2D eigenvalue weighted by atomic mass is 19.3. The van der Waals surface area contributed by atoms with E-state index in [4.69, 9.17) is 4.74 Å². The monoisotopic (exact) mass is 224 g/mol. The van der Waals surface area contributed by atoms with Gasteiger partial charge < -0.3 is 15.4 Å². The highest BCUT2D eigenvalue weighted by Gasteiger charge is 2.29. The summed E-state index contributed by atoms with van der Waals surface area (Å²) in [4.78, 5) is 11.0. The van der Waals surface area contributed by atoms with Gasteiger partial charge in [-0.25, -0.2) is 13.6 Å². The van der Waals surface area contributed by atoms with Crippen LogP contribution in [0.1, 0.15) is 20.8 Å². The maximum Gasteiger partial charge on any atom is 0.407 e. The van der Waals surface area contributed by atoms with Crippen molar-refractivity contribution < 1.29 is 18.3 Å². The summed E-state index contributed by atoms with van der Waals surface area (Å²) in [6, 6.07) is 0. The first-order chi connectivity index (χ1) is 6.66. The van der Waals surface area contributed by atoms with Gasteiger partial charge in [0.2, 0.25) is 0 Å². The highest BCUT2D eigenvalue weighted by molar-refractivity contribution is 5.67. The number of hydrogen-bond donors (Lipinski definition) is 2. The summed E-state index contributed by atoms with van der Waals surface area (Å²) in [5, 5.41) is 4.35. The second kappa shape index (κ2) is 5.25. The van der Waals surface area contributed by atoms with Crippen molar-refractivity contribution in [2.45, 2.75) is 32.3 Å². The maximum absolute atomic E-state index is 12.9. The lowest BCUT2D eigenvalue weighted by atomic mass is 10.2. The van der Waals surface area contributed by atoms with Crippen molar-refractivity contribution in [3.05, 3.63) is 0 Å². The van der Waals surface area contributed by atoms with Crippen LogP contribution in [0.25, 0.3) is 0 Å². The Bertz CT molecular complexity index is 215. The molecule has 0 atom stereocenters. The molecule has 15 heavy (non-hydrogen) atoms. The zero-order valence-electron chi connectivity index (χ0n) is 9.49. The standard InChI is InChI=1S/C9H18F2N2O2/c1-8(2,3)15-7(14)13-6-9(10,11)5-12-4/h12H,5-6H2,1-4H3,(H,13,14). The number of carbonyl (C=O) groups excluding carboxylic acids is 1. The SMILES string of the molecule is CNCC(F)(F)CNC(=O)OC(C)(C)C. The van der Waals surface area contributed by atoms with Crippen LogP contribution in [0.15, 0.2) is 0 Å². The van der Waals surface area contributed by atoms with Gasteiger partial charge in [0.05, 0.1) is 13.1 Å². The van der Waals surface area contributed by atoms with Crippen LogP contribution in [-0.2, 0) is 4.74 Å². The van der Waals surface area contributed by atoms with Gasteiger partial charge in [0.1, 0.15) is 5.60 Å². The Hall–Kier alpha value is -0.910. The van der Waals surface area contributed by atoms with Gasteiger partial charge in [0.25, 0.3) is 5.92 Å². The molecule has 0 aliphatic heterocycles. The molecule has 6 heteroatoms. The molecule has 0 rings (SSSR count). The van der Waals surface area contributed by atoms with Gasteiger partial charge in [-0.05, 0) is 27.8 Å². The van der Waals surface area contributed by atoms with Gasteiger partial charge in [-0.3, -0.25) is 0 Å². The zero-order valence-corrected chi connectivity index (χ0v) is 9.49. The Morgan fingerprint density at radius 2 is 1.80 bits per heavy atom. The summed E-state index contributed by atoms with van der Waals surface area (Å²) in [5.74, 6) is -2.97. The van der Waals surface area contributed by atoms with E-state index < -0.39 is 30.7 Å². The largest absolute Gasteiger partial charge is 0.444 e. The molecule has 0 aliphatic rings. The molecular formula is C9H18F2N2O2. The van der Waals surface area contributed by atoms with Gasteiger partial charge in [0.15, 0.2) is 0 Å². The van der Waals surface area contributed by atoms with E-state index in [1.54, 1.807) is 20.8 Å². The zero-order chi connectivity index (χ0) is 12.1. The summed E-state index contributed by atoms with van der Waals surface area (Å²) < 4.78 is 30.6. The van der Waals surface area contributed by atoms with Crippen LogP contribution in [0.4, 0.5) is 13.6 Å². The number of alkyl carbamates (subject to hydrolysis) is 1. The Morgan fingerprint density at radius 3 is 2.20 bits per heavy atom. The molecule has 0 aromatic heterocycles. The molecular weight excluding hydrogens is 206 g/mol. The van der Waals surface area contributed by atoms with Crippen LogP contribution >= 0.6 is 0 Å². The molecule has 0 fully saturated rings. The molecule has 0 radical (unpaired) electrons. The minimum absolute atomic E-state index is 0.483. The molecule has 0 saturated heterocycles. The van der Waals surface area contributed by atoms with E-state index in [1.807, 2.05) is 5.32 Å². The van der Waals surface area contributed by atoms with Crippen LogP contribution < -0.4 is 10.6 Å². The molecule has 0 aromatic carbocycles. The third-order valence-corrected chi connectivity index (χ3v) is 1.33. The first-order valence-electron chi connectivity index (χ1n) is 4.65. The lowest BCUT2D eigenvalue weighted by molar-refractivity contribution is -0.00206. The Kier molecular flexibility index (Phi) is 4.93. The van der Waals surface area contributed by atoms with Crippen LogP contribution in [0.3, 0.4) is 0 Å². The third kappa shape index (κ3) is 8.11. The van der Waals surface area contributed by atoms with Crippen molar-refractivity contribution in [1.82, 2.24) is 10.6 Å². The van der Waals surface area contributed by atoms with E-state index in [0.717, 1.165) is 0 Å². The van der Waals surface area contributed by atoms with Crippen molar-refractivity contribution in [3.8, 4) is 0 Å². The van der Waals surface area contributed by atoms with E-state index in [2.05, 4.69) is 5.32 Å². The topological polar surface area (TPSA) is 50.4 Å². The number of amides is 1. The number of rotatable bonds is 4. The van der Waals surface area contributed by atoms with E-state index >= 15 is 0 Å². The van der Waals surface area contributed by atoms with E-state index in [1.165, 1.54) is 7.05 Å². The van der Waals surface area contributed by atoms with E-state index in [-0.39, 0.29) is 0 Å². The molecule has 0 bridgehead atoms. The molecule has 0 aliphatic carbocycles. The van der Waals surface area contributed by atoms with Crippen molar-refractivity contribution in [2.24, 2.45) is 0 Å². The average molecular weight is 224 g/mol. The smallest absolute Gasteiger partial charge is 0.407 e. The molecule has 0 heterocycles. The number of nitrogens with one attached hydrogen (secondary N) is 2. The average Bonchev–Trinajstić information content (AvgIpc) is 1.98. The summed E-state index contributed by atoms with van der Waals surface area (Å²) in [6.07, 6.45) is -0.835. The molecule has 2 N–H and O–H groups in total. The minimum atomic E-state index is -2.97. The fraction of sp³-hybridized carbons (Fsp3) is 0.889. The second-order valence-electron chi connectivity index (χ2n) is 4.24. The predicted molar refractivity (Wildman–Crippen MR) is 53.1 cm³/mol. The Balaban J connectivity index is 3.90. The van der Waals surface area contributed by atoms with Crippen molar-refractivity contribution in [1.29, 1.82) is 0 Å². The van der Waals surface area contributed by atoms with Gasteiger partial charge in [-0.1, -0.05) is 0 Å². The van der Waals surface area contributed by atoms with Gasteiger partial charge in [0, 0.05) is 0 Å². The van der Waals surface area contributed by atoms with Crippen LogP contribution in [0.2, 0.25) is 0 Å². The minimum Gasteiger partial charge on any atom is -0.444 e. The number of hydrogen-bond acceptors (Lipinski definition) is 3. The number of alkyl halides is 2. The van der Waals surface area contributed by atoms with Crippen molar-refractivity contribution in [2.75, 3.05) is 20.1 Å². The Labute approximate surface area is 88.4 Å². The van der Waals surface area contributed by atoms with Crippen LogP contribution in [0.5, 0.6) is 0 Å². The maximum atomic E-state index is 12.9. The molecule has 1 amide bonds. The number of ether oxygens (including phenoxy) is 1. The highest BCUT2D eigenvalue weighted by Crippen LogP contribution is 2.11.